The van der Waals surface area contributed by atoms with E-state index in [9.17, 15) is 4.79 Å². The highest BCUT2D eigenvalue weighted by Crippen LogP contribution is 2.34. The molecule has 4 nitrogen and oxygen atoms in total. The molecule has 20 heavy (non-hydrogen) atoms. The lowest BCUT2D eigenvalue weighted by Gasteiger charge is -2.10. The Bertz CT molecular complexity index is 819. The SMILES string of the molecule is COc1ccc(OC)c(-c2ccc3s[nH]c(=O)c3c2)c1. The highest BCUT2D eigenvalue weighted by Gasteiger charge is 2.10. The summed E-state index contributed by atoms with van der Waals surface area (Å²) in [5, 5.41) is 0.692. The lowest BCUT2D eigenvalue weighted by molar-refractivity contribution is 0.404. The summed E-state index contributed by atoms with van der Waals surface area (Å²) in [6.07, 6.45) is 0. The second kappa shape index (κ2) is 5.02. The van der Waals surface area contributed by atoms with Crippen molar-refractivity contribution in [3.63, 3.8) is 0 Å². The second-order valence-corrected chi connectivity index (χ2v) is 5.16. The lowest BCUT2D eigenvalue weighted by atomic mass is 10.0. The Balaban J connectivity index is 2.23. The Hall–Kier alpha value is -2.27. The quantitative estimate of drug-likeness (QED) is 0.804. The van der Waals surface area contributed by atoms with Gasteiger partial charge in [-0.1, -0.05) is 17.6 Å². The first-order chi connectivity index (χ1) is 9.72. The number of fused-ring (bicyclic) bond motifs is 1. The molecule has 3 aromatic rings. The van der Waals surface area contributed by atoms with E-state index in [4.69, 9.17) is 9.47 Å². The van der Waals surface area contributed by atoms with Crippen LogP contribution < -0.4 is 15.0 Å². The van der Waals surface area contributed by atoms with Gasteiger partial charge in [0.1, 0.15) is 11.5 Å². The summed E-state index contributed by atoms with van der Waals surface area (Å²) in [5.41, 5.74) is 1.77. The fraction of sp³-hybridized carbons (Fsp3) is 0.133. The van der Waals surface area contributed by atoms with Crippen LogP contribution in [0.5, 0.6) is 11.5 Å². The van der Waals surface area contributed by atoms with Gasteiger partial charge in [0.25, 0.3) is 5.56 Å². The highest BCUT2D eigenvalue weighted by molar-refractivity contribution is 7.13. The summed E-state index contributed by atoms with van der Waals surface area (Å²) in [7, 11) is 3.25. The largest absolute Gasteiger partial charge is 0.497 e. The third-order valence-corrected chi connectivity index (χ3v) is 4.06. The molecule has 0 saturated heterocycles. The molecule has 3 rings (SSSR count). The molecule has 2 aromatic carbocycles. The summed E-state index contributed by atoms with van der Waals surface area (Å²) >= 11 is 1.34. The van der Waals surface area contributed by atoms with Crippen LogP contribution in [-0.2, 0) is 0 Å². The van der Waals surface area contributed by atoms with E-state index in [-0.39, 0.29) is 5.56 Å². The van der Waals surface area contributed by atoms with Crippen molar-refractivity contribution in [2.75, 3.05) is 14.2 Å². The number of hydrogen-bond donors (Lipinski definition) is 1. The molecule has 102 valence electrons. The molecule has 0 aliphatic rings. The van der Waals surface area contributed by atoms with Crippen LogP contribution in [0.15, 0.2) is 41.2 Å². The summed E-state index contributed by atoms with van der Waals surface area (Å²) in [5.74, 6) is 1.50. The Labute approximate surface area is 119 Å². The third-order valence-electron chi connectivity index (χ3n) is 3.20. The van der Waals surface area contributed by atoms with Gasteiger partial charge in [-0.3, -0.25) is 9.17 Å². The third kappa shape index (κ3) is 2.06. The number of methoxy groups -OCH3 is 2. The van der Waals surface area contributed by atoms with E-state index in [2.05, 4.69) is 4.37 Å². The van der Waals surface area contributed by atoms with Crippen molar-refractivity contribution in [1.82, 2.24) is 4.37 Å². The molecule has 0 radical (unpaired) electrons. The van der Waals surface area contributed by atoms with E-state index in [1.165, 1.54) is 11.5 Å². The van der Waals surface area contributed by atoms with Gasteiger partial charge in [-0.15, -0.1) is 0 Å². The van der Waals surface area contributed by atoms with Crippen LogP contribution in [0.4, 0.5) is 0 Å². The molecular formula is C15H13NO3S. The maximum absolute atomic E-state index is 11.7. The van der Waals surface area contributed by atoms with Crippen LogP contribution in [0.1, 0.15) is 0 Å². The van der Waals surface area contributed by atoms with Gasteiger partial charge in [0.15, 0.2) is 0 Å². The Morgan fingerprint density at radius 3 is 2.65 bits per heavy atom. The van der Waals surface area contributed by atoms with Gasteiger partial charge in [-0.2, -0.15) is 0 Å². The van der Waals surface area contributed by atoms with Gasteiger partial charge in [-0.25, -0.2) is 0 Å². The standard InChI is InChI=1S/C15H13NO3S/c1-18-10-4-5-13(19-2)11(8-10)9-3-6-14-12(7-9)15(17)16-20-14/h3-8H,1-2H3,(H,16,17). The first kappa shape index (κ1) is 12.7. The molecule has 0 fully saturated rings. The number of aromatic amines is 1. The Kier molecular flexibility index (Phi) is 3.20. The van der Waals surface area contributed by atoms with E-state index in [1.54, 1.807) is 14.2 Å². The minimum atomic E-state index is -0.0614. The van der Waals surface area contributed by atoms with Gasteiger partial charge in [0.05, 0.1) is 24.3 Å². The summed E-state index contributed by atoms with van der Waals surface area (Å²) in [4.78, 5) is 11.7. The number of nitrogens with one attached hydrogen (secondary N) is 1. The zero-order valence-corrected chi connectivity index (χ0v) is 11.9. The van der Waals surface area contributed by atoms with E-state index in [0.717, 1.165) is 27.3 Å². The topological polar surface area (TPSA) is 51.3 Å². The zero-order valence-electron chi connectivity index (χ0n) is 11.1. The minimum absolute atomic E-state index is 0.0614. The predicted octanol–water partition coefficient (Wildman–Crippen LogP) is 3.27. The number of ether oxygens (including phenoxy) is 2. The van der Waals surface area contributed by atoms with Gasteiger partial charge in [0, 0.05) is 5.56 Å². The maximum atomic E-state index is 11.7. The van der Waals surface area contributed by atoms with Crippen LogP contribution in [0.2, 0.25) is 0 Å². The van der Waals surface area contributed by atoms with Crippen molar-refractivity contribution in [2.24, 2.45) is 0 Å². The lowest BCUT2D eigenvalue weighted by Crippen LogP contribution is -1.96. The second-order valence-electron chi connectivity index (χ2n) is 4.31. The molecular weight excluding hydrogens is 274 g/mol. The van der Waals surface area contributed by atoms with Gasteiger partial charge >= 0.3 is 0 Å². The van der Waals surface area contributed by atoms with Gasteiger partial charge in [-0.05, 0) is 35.9 Å². The molecule has 5 heteroatoms. The Morgan fingerprint density at radius 2 is 1.90 bits per heavy atom. The molecule has 0 atom stereocenters. The molecule has 0 amide bonds. The number of aromatic nitrogens is 1. The number of H-pyrrole nitrogens is 1. The monoisotopic (exact) mass is 287 g/mol. The number of rotatable bonds is 3. The van der Waals surface area contributed by atoms with E-state index < -0.39 is 0 Å². The highest BCUT2D eigenvalue weighted by atomic mass is 32.1. The first-order valence-corrected chi connectivity index (χ1v) is 6.88. The van der Waals surface area contributed by atoms with Gasteiger partial charge < -0.3 is 9.47 Å². The maximum Gasteiger partial charge on any atom is 0.265 e. The van der Waals surface area contributed by atoms with Crippen LogP contribution in [-0.4, -0.2) is 18.6 Å². The van der Waals surface area contributed by atoms with Crippen LogP contribution >= 0.6 is 11.5 Å². The number of hydrogen-bond acceptors (Lipinski definition) is 4. The molecule has 1 heterocycles. The molecule has 0 spiro atoms. The van der Waals surface area contributed by atoms with Crippen molar-refractivity contribution in [1.29, 1.82) is 0 Å². The fourth-order valence-electron chi connectivity index (χ4n) is 2.16. The smallest absolute Gasteiger partial charge is 0.265 e. The predicted molar refractivity (Wildman–Crippen MR) is 81.0 cm³/mol. The molecule has 0 saturated carbocycles. The van der Waals surface area contributed by atoms with Crippen molar-refractivity contribution >= 4 is 21.6 Å². The molecule has 1 aromatic heterocycles. The van der Waals surface area contributed by atoms with E-state index in [1.807, 2.05) is 36.4 Å². The van der Waals surface area contributed by atoms with Crippen molar-refractivity contribution in [2.45, 2.75) is 0 Å². The Morgan fingerprint density at radius 1 is 1.05 bits per heavy atom. The van der Waals surface area contributed by atoms with Crippen LogP contribution in [0.25, 0.3) is 21.2 Å². The fourth-order valence-corrected chi connectivity index (χ4v) is 2.87. The number of benzene rings is 2. The van der Waals surface area contributed by atoms with Crippen molar-refractivity contribution < 1.29 is 9.47 Å². The normalized spacial score (nSPS) is 10.7. The molecule has 0 aliphatic carbocycles. The summed E-state index contributed by atoms with van der Waals surface area (Å²) in [6, 6.07) is 11.4. The molecule has 0 unspecified atom stereocenters. The average Bonchev–Trinajstić information content (AvgIpc) is 2.87. The van der Waals surface area contributed by atoms with Crippen molar-refractivity contribution in [3.05, 3.63) is 46.8 Å². The van der Waals surface area contributed by atoms with Crippen LogP contribution in [0.3, 0.4) is 0 Å². The average molecular weight is 287 g/mol. The van der Waals surface area contributed by atoms with Crippen molar-refractivity contribution in [3.8, 4) is 22.6 Å². The van der Waals surface area contributed by atoms with E-state index >= 15 is 0 Å². The first-order valence-electron chi connectivity index (χ1n) is 6.06. The molecule has 1 N–H and O–H groups in total. The molecule has 0 bridgehead atoms. The zero-order chi connectivity index (χ0) is 14.1. The molecule has 0 aliphatic heterocycles. The summed E-state index contributed by atoms with van der Waals surface area (Å²) in [6.45, 7) is 0. The van der Waals surface area contributed by atoms with E-state index in [0.29, 0.717) is 5.39 Å². The van der Waals surface area contributed by atoms with Crippen LogP contribution in [0, 0.1) is 0 Å². The minimum Gasteiger partial charge on any atom is -0.497 e. The van der Waals surface area contributed by atoms with Gasteiger partial charge in [0.2, 0.25) is 0 Å². The summed E-state index contributed by atoms with van der Waals surface area (Å²) < 4.78 is 14.3.